The number of nitrogens with one attached hydrogen (secondary N) is 1. The van der Waals surface area contributed by atoms with Gasteiger partial charge in [-0.15, -0.1) is 6.58 Å². The van der Waals surface area contributed by atoms with Crippen molar-refractivity contribution in [3.05, 3.63) is 24.5 Å². The maximum atomic E-state index is 11.0. The molecule has 0 aromatic rings. The van der Waals surface area contributed by atoms with E-state index in [4.69, 9.17) is 5.11 Å². The van der Waals surface area contributed by atoms with Gasteiger partial charge in [-0.25, -0.2) is 0 Å². The van der Waals surface area contributed by atoms with Crippen LogP contribution in [0.25, 0.3) is 0 Å². The fourth-order valence-corrected chi connectivity index (χ4v) is 0.575. The standard InChI is InChI=1S/C8H12N2O2/c1-3-4-7(5-11)8(12)10-6-9-2/h3,5-6,11H,1,4H2,2H3,(H,9,10,12)/b7-5+. The van der Waals surface area contributed by atoms with E-state index in [1.54, 1.807) is 0 Å². The molecule has 4 nitrogen and oxygen atoms in total. The fraction of sp³-hybridized carbons (Fsp3) is 0.250. The first-order valence-electron chi connectivity index (χ1n) is 3.42. The van der Waals surface area contributed by atoms with E-state index in [2.05, 4.69) is 16.9 Å². The predicted molar refractivity (Wildman–Crippen MR) is 48.1 cm³/mol. The summed E-state index contributed by atoms with van der Waals surface area (Å²) in [7, 11) is 1.54. The van der Waals surface area contributed by atoms with Gasteiger partial charge in [0, 0.05) is 7.05 Å². The van der Waals surface area contributed by atoms with Crippen LogP contribution in [0.1, 0.15) is 6.42 Å². The number of aliphatic imine (C=N–C) groups is 1. The summed E-state index contributed by atoms with van der Waals surface area (Å²) in [5, 5.41) is 11.0. The number of rotatable bonds is 4. The van der Waals surface area contributed by atoms with Gasteiger partial charge in [-0.3, -0.25) is 9.79 Å². The number of allylic oxidation sites excluding steroid dienone is 1. The van der Waals surface area contributed by atoms with Gasteiger partial charge in [0.25, 0.3) is 5.91 Å². The van der Waals surface area contributed by atoms with Crippen LogP contribution in [-0.4, -0.2) is 24.4 Å². The summed E-state index contributed by atoms with van der Waals surface area (Å²) in [6, 6.07) is 0. The Bertz CT molecular complexity index is 219. The smallest absolute Gasteiger partial charge is 0.255 e. The first-order valence-corrected chi connectivity index (χ1v) is 3.42. The number of aliphatic hydroxyl groups is 1. The first kappa shape index (κ1) is 10.4. The number of carbonyl (C=O) groups excluding carboxylic acids is 1. The molecule has 0 unspecified atom stereocenters. The fourth-order valence-electron chi connectivity index (χ4n) is 0.575. The number of hydrogen-bond donors (Lipinski definition) is 2. The molecule has 0 radical (unpaired) electrons. The second kappa shape index (κ2) is 6.15. The minimum Gasteiger partial charge on any atom is -0.515 e. The van der Waals surface area contributed by atoms with Gasteiger partial charge in [0.2, 0.25) is 0 Å². The summed E-state index contributed by atoms with van der Waals surface area (Å²) in [5.74, 6) is -0.372. The summed E-state index contributed by atoms with van der Waals surface area (Å²) in [5.41, 5.74) is 0.255. The van der Waals surface area contributed by atoms with Gasteiger partial charge in [0.15, 0.2) is 0 Å². The lowest BCUT2D eigenvalue weighted by molar-refractivity contribution is -0.116. The Labute approximate surface area is 71.3 Å². The van der Waals surface area contributed by atoms with Crippen molar-refractivity contribution in [2.45, 2.75) is 6.42 Å². The zero-order valence-corrected chi connectivity index (χ0v) is 6.95. The van der Waals surface area contributed by atoms with E-state index in [0.717, 1.165) is 6.26 Å². The molecule has 4 heteroatoms. The lowest BCUT2D eigenvalue weighted by atomic mass is 10.2. The van der Waals surface area contributed by atoms with E-state index < -0.39 is 0 Å². The van der Waals surface area contributed by atoms with E-state index in [1.807, 2.05) is 0 Å². The molecule has 66 valence electrons. The second-order valence-corrected chi connectivity index (χ2v) is 2.01. The zero-order chi connectivity index (χ0) is 9.40. The normalized spacial score (nSPS) is 11.6. The Balaban J connectivity index is 4.13. The second-order valence-electron chi connectivity index (χ2n) is 2.01. The van der Waals surface area contributed by atoms with Crippen molar-refractivity contribution in [1.82, 2.24) is 5.32 Å². The van der Waals surface area contributed by atoms with Gasteiger partial charge < -0.3 is 10.4 Å². The van der Waals surface area contributed by atoms with Crippen LogP contribution >= 0.6 is 0 Å². The summed E-state index contributed by atoms with van der Waals surface area (Å²) in [6.45, 7) is 3.45. The maximum absolute atomic E-state index is 11.0. The van der Waals surface area contributed by atoms with Gasteiger partial charge >= 0.3 is 0 Å². The molecule has 0 aliphatic heterocycles. The summed E-state index contributed by atoms with van der Waals surface area (Å²) in [6.07, 6.45) is 3.89. The van der Waals surface area contributed by atoms with E-state index in [1.165, 1.54) is 19.5 Å². The Morgan fingerprint density at radius 2 is 2.42 bits per heavy atom. The third kappa shape index (κ3) is 3.55. The summed E-state index contributed by atoms with van der Waals surface area (Å²) >= 11 is 0. The molecule has 0 spiro atoms. The van der Waals surface area contributed by atoms with Crippen LogP contribution in [0.15, 0.2) is 29.5 Å². The van der Waals surface area contributed by atoms with Crippen molar-refractivity contribution < 1.29 is 9.90 Å². The van der Waals surface area contributed by atoms with Crippen molar-refractivity contribution in [2.24, 2.45) is 4.99 Å². The van der Waals surface area contributed by atoms with Crippen LogP contribution < -0.4 is 5.32 Å². The minimum absolute atomic E-state index is 0.255. The van der Waals surface area contributed by atoms with Crippen molar-refractivity contribution in [3.8, 4) is 0 Å². The van der Waals surface area contributed by atoms with Crippen molar-refractivity contribution in [1.29, 1.82) is 0 Å². The topological polar surface area (TPSA) is 61.7 Å². The van der Waals surface area contributed by atoms with Crippen molar-refractivity contribution in [3.63, 3.8) is 0 Å². The highest BCUT2D eigenvalue weighted by atomic mass is 16.2. The molecular weight excluding hydrogens is 156 g/mol. The van der Waals surface area contributed by atoms with Gasteiger partial charge in [0.05, 0.1) is 18.2 Å². The van der Waals surface area contributed by atoms with Crippen LogP contribution in [0.2, 0.25) is 0 Å². The van der Waals surface area contributed by atoms with Crippen LogP contribution in [0.4, 0.5) is 0 Å². The summed E-state index contributed by atoms with van der Waals surface area (Å²) < 4.78 is 0. The Morgan fingerprint density at radius 3 is 2.83 bits per heavy atom. The average Bonchev–Trinajstić information content (AvgIpc) is 2.10. The number of nitrogens with zero attached hydrogens (tertiary/aromatic N) is 1. The molecule has 0 fully saturated rings. The van der Waals surface area contributed by atoms with Gasteiger partial charge in [-0.1, -0.05) is 6.08 Å². The molecule has 0 saturated carbocycles. The van der Waals surface area contributed by atoms with Crippen molar-refractivity contribution in [2.75, 3.05) is 7.05 Å². The summed E-state index contributed by atoms with van der Waals surface area (Å²) in [4.78, 5) is 14.6. The van der Waals surface area contributed by atoms with E-state index >= 15 is 0 Å². The number of aliphatic hydroxyl groups excluding tert-OH is 1. The third-order valence-corrected chi connectivity index (χ3v) is 1.14. The lowest BCUT2D eigenvalue weighted by Crippen LogP contribution is -2.23. The number of carbonyl (C=O) groups is 1. The highest BCUT2D eigenvalue weighted by Crippen LogP contribution is 1.99. The molecule has 0 aliphatic rings. The average molecular weight is 168 g/mol. The maximum Gasteiger partial charge on any atom is 0.255 e. The highest BCUT2D eigenvalue weighted by molar-refractivity contribution is 5.99. The zero-order valence-electron chi connectivity index (χ0n) is 6.95. The minimum atomic E-state index is -0.372. The molecule has 0 aromatic carbocycles. The molecule has 0 rings (SSSR count). The molecule has 1 amide bonds. The van der Waals surface area contributed by atoms with Crippen molar-refractivity contribution >= 4 is 12.2 Å². The number of hydrogen-bond acceptors (Lipinski definition) is 3. The highest BCUT2D eigenvalue weighted by Gasteiger charge is 2.04. The quantitative estimate of drug-likeness (QED) is 0.214. The number of amides is 1. The van der Waals surface area contributed by atoms with Crippen LogP contribution in [0, 0.1) is 0 Å². The molecule has 0 saturated heterocycles. The monoisotopic (exact) mass is 168 g/mol. The molecule has 0 aromatic heterocycles. The van der Waals surface area contributed by atoms with E-state index in [-0.39, 0.29) is 11.5 Å². The Morgan fingerprint density at radius 1 is 1.75 bits per heavy atom. The van der Waals surface area contributed by atoms with Gasteiger partial charge in [-0.05, 0) is 6.42 Å². The van der Waals surface area contributed by atoms with Gasteiger partial charge in [-0.2, -0.15) is 0 Å². The largest absolute Gasteiger partial charge is 0.515 e. The SMILES string of the molecule is C=CC/C(=C\O)C(=O)NC=NC. The molecular formula is C8H12N2O2. The molecule has 2 N–H and O–H groups in total. The van der Waals surface area contributed by atoms with Crippen LogP contribution in [0.5, 0.6) is 0 Å². The molecule has 12 heavy (non-hydrogen) atoms. The molecule has 0 heterocycles. The van der Waals surface area contributed by atoms with Crippen LogP contribution in [-0.2, 0) is 4.79 Å². The molecule has 0 aliphatic carbocycles. The Kier molecular flexibility index (Phi) is 5.34. The van der Waals surface area contributed by atoms with Gasteiger partial charge in [0.1, 0.15) is 0 Å². The molecule has 0 atom stereocenters. The predicted octanol–water partition coefficient (Wildman–Crippen LogP) is 0.779. The van der Waals surface area contributed by atoms with Crippen LogP contribution in [0.3, 0.4) is 0 Å². The Hall–Kier alpha value is -1.58. The van der Waals surface area contributed by atoms with E-state index in [9.17, 15) is 4.79 Å². The van der Waals surface area contributed by atoms with E-state index in [0.29, 0.717) is 6.42 Å². The third-order valence-electron chi connectivity index (χ3n) is 1.14. The molecule has 0 bridgehead atoms. The first-order chi connectivity index (χ1) is 5.76. The lowest BCUT2D eigenvalue weighted by Gasteiger charge is -1.99.